The highest BCUT2D eigenvalue weighted by Crippen LogP contribution is 2.26. The lowest BCUT2D eigenvalue weighted by Gasteiger charge is -2.14. The van der Waals surface area contributed by atoms with Crippen LogP contribution in [0.25, 0.3) is 6.08 Å². The smallest absolute Gasteiger partial charge is 0.272 e. The van der Waals surface area contributed by atoms with E-state index in [2.05, 4.69) is 29.8 Å². The molecule has 0 aliphatic carbocycles. The Kier molecular flexibility index (Phi) is 11.4. The van der Waals surface area contributed by atoms with Gasteiger partial charge in [-0.15, -0.1) is 11.8 Å². The van der Waals surface area contributed by atoms with Crippen molar-refractivity contribution >= 4 is 46.9 Å². The predicted molar refractivity (Wildman–Crippen MR) is 179 cm³/mol. The summed E-state index contributed by atoms with van der Waals surface area (Å²) in [5.74, 6) is 0.181. The fraction of sp³-hybridized carbons (Fsp3) is 0.194. The van der Waals surface area contributed by atoms with E-state index in [9.17, 15) is 14.4 Å². The van der Waals surface area contributed by atoms with Gasteiger partial charge in [-0.25, -0.2) is 0 Å². The molecule has 0 fully saturated rings. The Labute approximate surface area is 263 Å². The van der Waals surface area contributed by atoms with E-state index in [4.69, 9.17) is 4.74 Å². The van der Waals surface area contributed by atoms with E-state index in [0.717, 1.165) is 16.1 Å². The highest BCUT2D eigenvalue weighted by molar-refractivity contribution is 8.00. The van der Waals surface area contributed by atoms with E-state index in [0.29, 0.717) is 29.5 Å². The van der Waals surface area contributed by atoms with Gasteiger partial charge in [-0.05, 0) is 97.6 Å². The second-order valence-corrected chi connectivity index (χ2v) is 11.8. The maximum absolute atomic E-state index is 13.4. The largest absolute Gasteiger partial charge is 0.494 e. The molecule has 0 aliphatic rings. The van der Waals surface area contributed by atoms with Gasteiger partial charge in [0, 0.05) is 21.8 Å². The summed E-state index contributed by atoms with van der Waals surface area (Å²) in [6, 6.07) is 31.1. The van der Waals surface area contributed by atoms with Gasteiger partial charge in [0.1, 0.15) is 11.4 Å². The van der Waals surface area contributed by atoms with Gasteiger partial charge in [-0.3, -0.25) is 14.4 Å². The van der Waals surface area contributed by atoms with Crippen LogP contribution >= 0.6 is 11.8 Å². The molecule has 0 radical (unpaired) electrons. The van der Waals surface area contributed by atoms with Crippen molar-refractivity contribution in [2.45, 2.75) is 43.8 Å². The zero-order valence-corrected chi connectivity index (χ0v) is 26.1. The number of hydrogen-bond acceptors (Lipinski definition) is 5. The first-order valence-electron chi connectivity index (χ1n) is 14.5. The van der Waals surface area contributed by atoms with E-state index >= 15 is 0 Å². The summed E-state index contributed by atoms with van der Waals surface area (Å²) in [7, 11) is 0. The number of carbonyl (C=O) groups excluding carboxylic acids is 3. The van der Waals surface area contributed by atoms with Crippen LogP contribution in [0.2, 0.25) is 0 Å². The van der Waals surface area contributed by atoms with E-state index in [1.165, 1.54) is 17.3 Å². The Bertz CT molecular complexity index is 1580. The van der Waals surface area contributed by atoms with Gasteiger partial charge >= 0.3 is 0 Å². The lowest BCUT2D eigenvalue weighted by molar-refractivity contribution is -0.115. The van der Waals surface area contributed by atoms with Crippen LogP contribution in [-0.2, 0) is 9.59 Å². The van der Waals surface area contributed by atoms with E-state index < -0.39 is 11.8 Å². The molecule has 8 heteroatoms. The molecule has 226 valence electrons. The molecule has 1 unspecified atom stereocenters. The van der Waals surface area contributed by atoms with Crippen molar-refractivity contribution in [1.29, 1.82) is 0 Å². The fourth-order valence-corrected chi connectivity index (χ4v) is 5.07. The highest BCUT2D eigenvalue weighted by atomic mass is 32.2. The first kappa shape index (κ1) is 32.1. The molecular weight excluding hydrogens is 570 g/mol. The number of thioether (sulfide) groups is 1. The van der Waals surface area contributed by atoms with Crippen molar-refractivity contribution < 1.29 is 19.1 Å². The maximum Gasteiger partial charge on any atom is 0.272 e. The zero-order chi connectivity index (χ0) is 31.5. The molecule has 0 heterocycles. The minimum Gasteiger partial charge on any atom is -0.494 e. The molecule has 7 nitrogen and oxygen atoms in total. The number of anilines is 2. The van der Waals surface area contributed by atoms with Crippen LogP contribution in [0.1, 0.15) is 55.1 Å². The van der Waals surface area contributed by atoms with Crippen LogP contribution in [0.3, 0.4) is 0 Å². The van der Waals surface area contributed by atoms with Gasteiger partial charge in [0.2, 0.25) is 5.91 Å². The average Bonchev–Trinajstić information content (AvgIpc) is 3.03. The summed E-state index contributed by atoms with van der Waals surface area (Å²) in [5, 5.41) is 8.25. The number of hydrogen-bond donors (Lipinski definition) is 3. The molecule has 0 spiro atoms. The number of ether oxygens (including phenoxy) is 1. The Morgan fingerprint density at radius 3 is 2.00 bits per heavy atom. The third-order valence-corrected chi connectivity index (χ3v) is 7.78. The second-order valence-electron chi connectivity index (χ2n) is 10.4. The minimum absolute atomic E-state index is 0.0909. The molecule has 1 atom stereocenters. The SMILES string of the molecule is CCOc1ccc(/C=C(\NC(=O)c2ccccc2)C(=O)Nc2ccc(SC(C)C(=O)Nc3ccc(C(C)C)cc3)cc2)cc1. The number of amides is 3. The third kappa shape index (κ3) is 9.34. The van der Waals surface area contributed by atoms with Crippen LogP contribution in [0.4, 0.5) is 11.4 Å². The monoisotopic (exact) mass is 607 g/mol. The Hall–Kier alpha value is -4.82. The molecule has 0 saturated carbocycles. The third-order valence-electron chi connectivity index (χ3n) is 6.67. The Morgan fingerprint density at radius 2 is 1.39 bits per heavy atom. The zero-order valence-electron chi connectivity index (χ0n) is 25.3. The Balaban J connectivity index is 1.41. The summed E-state index contributed by atoms with van der Waals surface area (Å²) in [5.41, 5.74) is 3.78. The summed E-state index contributed by atoms with van der Waals surface area (Å²) in [6.07, 6.45) is 1.62. The first-order valence-corrected chi connectivity index (χ1v) is 15.4. The molecule has 0 aliphatic heterocycles. The van der Waals surface area contributed by atoms with Gasteiger partial charge in [-0.2, -0.15) is 0 Å². The predicted octanol–water partition coefficient (Wildman–Crippen LogP) is 7.74. The molecule has 4 aromatic rings. The summed E-state index contributed by atoms with van der Waals surface area (Å²) < 4.78 is 5.51. The fourth-order valence-electron chi connectivity index (χ4n) is 4.20. The van der Waals surface area contributed by atoms with Crippen molar-refractivity contribution in [3.63, 3.8) is 0 Å². The maximum atomic E-state index is 13.4. The summed E-state index contributed by atoms with van der Waals surface area (Å²) in [4.78, 5) is 39.9. The highest BCUT2D eigenvalue weighted by Gasteiger charge is 2.17. The van der Waals surface area contributed by atoms with Crippen molar-refractivity contribution in [3.8, 4) is 5.75 Å². The van der Waals surface area contributed by atoms with Crippen molar-refractivity contribution in [2.24, 2.45) is 0 Å². The van der Waals surface area contributed by atoms with Crippen molar-refractivity contribution in [3.05, 3.63) is 126 Å². The molecule has 4 rings (SSSR count). The summed E-state index contributed by atoms with van der Waals surface area (Å²) in [6.45, 7) is 8.57. The van der Waals surface area contributed by atoms with Crippen LogP contribution in [0.5, 0.6) is 5.75 Å². The van der Waals surface area contributed by atoms with Gasteiger partial charge in [0.25, 0.3) is 11.8 Å². The van der Waals surface area contributed by atoms with Gasteiger partial charge in [0.15, 0.2) is 0 Å². The standard InChI is InChI=1S/C36H37N3O4S/c1-5-43-31-19-11-26(12-20-31)23-33(39-35(41)28-9-7-6-8-10-28)36(42)38-30-17-21-32(22-18-30)44-25(4)34(40)37-29-15-13-27(14-16-29)24(2)3/h6-25H,5H2,1-4H3,(H,37,40)(H,38,42)(H,39,41)/b33-23-. The Morgan fingerprint density at radius 1 is 0.773 bits per heavy atom. The van der Waals surface area contributed by atoms with Crippen molar-refractivity contribution in [1.82, 2.24) is 5.32 Å². The summed E-state index contributed by atoms with van der Waals surface area (Å²) >= 11 is 1.42. The normalized spacial score (nSPS) is 11.9. The number of rotatable bonds is 12. The first-order chi connectivity index (χ1) is 21.2. The molecule has 3 N–H and O–H groups in total. The van der Waals surface area contributed by atoms with E-state index in [1.54, 1.807) is 42.5 Å². The molecule has 3 amide bonds. The molecule has 4 aromatic carbocycles. The molecule has 0 saturated heterocycles. The molecular formula is C36H37N3O4S. The van der Waals surface area contributed by atoms with Gasteiger partial charge < -0.3 is 20.7 Å². The van der Waals surface area contributed by atoms with Gasteiger partial charge in [-0.1, -0.05) is 56.3 Å². The minimum atomic E-state index is -0.472. The average molecular weight is 608 g/mol. The molecule has 0 bridgehead atoms. The van der Waals surface area contributed by atoms with Crippen molar-refractivity contribution in [2.75, 3.05) is 17.2 Å². The van der Waals surface area contributed by atoms with Gasteiger partial charge in [0.05, 0.1) is 11.9 Å². The number of benzene rings is 4. The van der Waals surface area contributed by atoms with Crippen LogP contribution in [-0.4, -0.2) is 29.6 Å². The number of nitrogens with one attached hydrogen (secondary N) is 3. The lowest BCUT2D eigenvalue weighted by Crippen LogP contribution is -2.30. The molecule has 0 aromatic heterocycles. The van der Waals surface area contributed by atoms with E-state index in [-0.39, 0.29) is 16.9 Å². The molecule has 44 heavy (non-hydrogen) atoms. The second kappa shape index (κ2) is 15.6. The topological polar surface area (TPSA) is 96.5 Å². The van der Waals surface area contributed by atoms with Crippen LogP contribution in [0.15, 0.2) is 114 Å². The van der Waals surface area contributed by atoms with E-state index in [1.807, 2.05) is 80.6 Å². The van der Waals surface area contributed by atoms with Crippen LogP contribution < -0.4 is 20.7 Å². The van der Waals surface area contributed by atoms with Crippen LogP contribution in [0, 0.1) is 0 Å². The quantitative estimate of drug-likeness (QED) is 0.113. The number of carbonyl (C=O) groups is 3. The lowest BCUT2D eigenvalue weighted by atomic mass is 10.0.